The molecule has 1 unspecified atom stereocenters. The molecule has 1 N–H and O–H groups in total. The molecule has 1 amide bonds. The van der Waals surface area contributed by atoms with E-state index in [1.54, 1.807) is 0 Å². The van der Waals surface area contributed by atoms with Gasteiger partial charge < -0.3 is 10.0 Å². The molecule has 1 heterocycles. The Hall–Kier alpha value is -1.27. The number of amides is 1. The Balaban J connectivity index is 2.53. The normalized spacial score (nSPS) is 19.0. The summed E-state index contributed by atoms with van der Waals surface area (Å²) in [5.41, 5.74) is -0.635. The van der Waals surface area contributed by atoms with Crippen molar-refractivity contribution < 1.29 is 19.1 Å². The fourth-order valence-corrected chi connectivity index (χ4v) is 2.61. The highest BCUT2D eigenvalue weighted by Gasteiger charge is 2.34. The van der Waals surface area contributed by atoms with Crippen molar-refractivity contribution in [2.45, 2.75) is 6.42 Å². The first kappa shape index (κ1) is 14.1. The molecule has 0 spiro atoms. The van der Waals surface area contributed by atoms with Crippen molar-refractivity contribution in [2.24, 2.45) is 5.92 Å². The third kappa shape index (κ3) is 2.55. The number of nitrogens with zero attached hydrogens (tertiary/aromatic N) is 1. The SMILES string of the molecule is O=C(O)c1c(Cl)ccc(F)c1N1CC(CS)CC1=O. The molecular weight excluding hydrogens is 293 g/mol. The molecule has 0 aromatic heterocycles. The molecule has 1 aromatic rings. The minimum atomic E-state index is -1.36. The van der Waals surface area contributed by atoms with E-state index in [-0.39, 0.29) is 41.1 Å². The molecule has 1 saturated heterocycles. The van der Waals surface area contributed by atoms with Crippen molar-refractivity contribution in [3.63, 3.8) is 0 Å². The predicted molar refractivity (Wildman–Crippen MR) is 72.7 cm³/mol. The summed E-state index contributed by atoms with van der Waals surface area (Å²) in [5, 5.41) is 9.04. The number of anilines is 1. The minimum Gasteiger partial charge on any atom is -0.478 e. The largest absolute Gasteiger partial charge is 0.478 e. The van der Waals surface area contributed by atoms with Gasteiger partial charge in [0.05, 0.1) is 10.7 Å². The first-order valence-electron chi connectivity index (χ1n) is 5.58. The van der Waals surface area contributed by atoms with Gasteiger partial charge in [0.15, 0.2) is 0 Å². The molecule has 102 valence electrons. The van der Waals surface area contributed by atoms with Gasteiger partial charge in [0.1, 0.15) is 11.4 Å². The van der Waals surface area contributed by atoms with Gasteiger partial charge >= 0.3 is 5.97 Å². The molecule has 1 fully saturated rings. The number of aromatic carboxylic acids is 1. The number of benzene rings is 1. The lowest BCUT2D eigenvalue weighted by atomic mass is 10.1. The maximum atomic E-state index is 13.9. The smallest absolute Gasteiger partial charge is 0.339 e. The van der Waals surface area contributed by atoms with Crippen molar-refractivity contribution >= 4 is 41.8 Å². The molecule has 0 aliphatic carbocycles. The van der Waals surface area contributed by atoms with Gasteiger partial charge in [-0.15, -0.1) is 0 Å². The van der Waals surface area contributed by atoms with Crippen LogP contribution in [0.15, 0.2) is 12.1 Å². The van der Waals surface area contributed by atoms with Gasteiger partial charge in [-0.25, -0.2) is 9.18 Å². The van der Waals surface area contributed by atoms with Crippen LogP contribution in [-0.4, -0.2) is 29.3 Å². The average Bonchev–Trinajstić information content (AvgIpc) is 2.72. The Morgan fingerprint density at radius 3 is 2.79 bits per heavy atom. The number of hydrogen-bond donors (Lipinski definition) is 2. The summed E-state index contributed by atoms with van der Waals surface area (Å²) in [6.45, 7) is 0.250. The molecule has 1 aliphatic rings. The van der Waals surface area contributed by atoms with Crippen molar-refractivity contribution in [1.29, 1.82) is 0 Å². The van der Waals surface area contributed by atoms with Crippen LogP contribution in [0.2, 0.25) is 5.02 Å². The van der Waals surface area contributed by atoms with E-state index in [0.717, 1.165) is 11.0 Å². The Morgan fingerprint density at radius 1 is 1.58 bits per heavy atom. The molecule has 19 heavy (non-hydrogen) atoms. The van der Waals surface area contributed by atoms with Gasteiger partial charge in [-0.05, 0) is 23.8 Å². The molecule has 1 atom stereocenters. The van der Waals surface area contributed by atoms with Crippen LogP contribution in [-0.2, 0) is 4.79 Å². The zero-order valence-electron chi connectivity index (χ0n) is 9.77. The van der Waals surface area contributed by atoms with Crippen LogP contribution in [0.4, 0.5) is 10.1 Å². The molecule has 1 aromatic carbocycles. The second kappa shape index (κ2) is 5.38. The number of halogens is 2. The highest BCUT2D eigenvalue weighted by Crippen LogP contribution is 2.34. The van der Waals surface area contributed by atoms with Crippen LogP contribution in [0.1, 0.15) is 16.8 Å². The summed E-state index contributed by atoms with van der Waals surface area (Å²) < 4.78 is 13.9. The number of hydrogen-bond acceptors (Lipinski definition) is 3. The topological polar surface area (TPSA) is 57.6 Å². The van der Waals surface area contributed by atoms with Crippen LogP contribution >= 0.6 is 24.2 Å². The van der Waals surface area contributed by atoms with E-state index < -0.39 is 11.8 Å². The summed E-state index contributed by atoms with van der Waals surface area (Å²) >= 11 is 9.90. The van der Waals surface area contributed by atoms with Crippen LogP contribution < -0.4 is 4.90 Å². The molecule has 0 saturated carbocycles. The third-order valence-electron chi connectivity index (χ3n) is 3.02. The van der Waals surface area contributed by atoms with E-state index in [2.05, 4.69) is 12.6 Å². The van der Waals surface area contributed by atoms with E-state index in [9.17, 15) is 14.0 Å². The van der Waals surface area contributed by atoms with Crippen molar-refractivity contribution in [2.75, 3.05) is 17.2 Å². The summed E-state index contributed by atoms with van der Waals surface area (Å²) in [6, 6.07) is 2.23. The number of carbonyl (C=O) groups excluding carboxylic acids is 1. The lowest BCUT2D eigenvalue weighted by Crippen LogP contribution is -2.28. The quantitative estimate of drug-likeness (QED) is 0.843. The maximum absolute atomic E-state index is 13.9. The van der Waals surface area contributed by atoms with Gasteiger partial charge in [-0.3, -0.25) is 4.79 Å². The van der Waals surface area contributed by atoms with Crippen LogP contribution in [0, 0.1) is 11.7 Å². The van der Waals surface area contributed by atoms with Gasteiger partial charge in [0.25, 0.3) is 0 Å². The Labute approximate surface area is 119 Å². The fraction of sp³-hybridized carbons (Fsp3) is 0.333. The molecule has 7 heteroatoms. The number of carbonyl (C=O) groups is 2. The van der Waals surface area contributed by atoms with E-state index in [0.29, 0.717) is 5.75 Å². The second-order valence-electron chi connectivity index (χ2n) is 4.32. The van der Waals surface area contributed by atoms with Crippen LogP contribution in [0.5, 0.6) is 0 Å². The second-order valence-corrected chi connectivity index (χ2v) is 5.09. The average molecular weight is 304 g/mol. The zero-order chi connectivity index (χ0) is 14.2. The van der Waals surface area contributed by atoms with E-state index >= 15 is 0 Å². The highest BCUT2D eigenvalue weighted by atomic mass is 35.5. The van der Waals surface area contributed by atoms with E-state index in [1.165, 1.54) is 6.07 Å². The monoisotopic (exact) mass is 303 g/mol. The summed E-state index contributed by atoms with van der Waals surface area (Å²) in [6.07, 6.45) is 0.231. The summed E-state index contributed by atoms with van der Waals surface area (Å²) in [7, 11) is 0. The predicted octanol–water partition coefficient (Wildman–Crippen LogP) is 2.46. The van der Waals surface area contributed by atoms with E-state index in [4.69, 9.17) is 16.7 Å². The molecule has 0 bridgehead atoms. The lowest BCUT2D eigenvalue weighted by molar-refractivity contribution is -0.117. The zero-order valence-corrected chi connectivity index (χ0v) is 11.4. The first-order chi connectivity index (χ1) is 8.95. The number of thiol groups is 1. The Kier molecular flexibility index (Phi) is 4.01. The first-order valence-corrected chi connectivity index (χ1v) is 6.59. The Bertz CT molecular complexity index is 552. The molecular formula is C12H11ClFNO3S. The fourth-order valence-electron chi connectivity index (χ4n) is 2.13. The maximum Gasteiger partial charge on any atom is 0.339 e. The van der Waals surface area contributed by atoms with Gasteiger partial charge in [-0.1, -0.05) is 11.6 Å². The lowest BCUT2D eigenvalue weighted by Gasteiger charge is -2.20. The van der Waals surface area contributed by atoms with Crippen LogP contribution in [0.3, 0.4) is 0 Å². The highest BCUT2D eigenvalue weighted by molar-refractivity contribution is 7.80. The van der Waals surface area contributed by atoms with Crippen LogP contribution in [0.25, 0.3) is 0 Å². The summed E-state index contributed by atoms with van der Waals surface area (Å²) in [4.78, 5) is 24.2. The molecule has 1 aliphatic heterocycles. The van der Waals surface area contributed by atoms with Gasteiger partial charge in [-0.2, -0.15) is 12.6 Å². The summed E-state index contributed by atoms with van der Waals surface area (Å²) in [5.74, 6) is -1.98. The molecule has 2 rings (SSSR count). The third-order valence-corrected chi connectivity index (χ3v) is 3.86. The standard InChI is InChI=1S/C12H11ClFNO3S/c13-7-1-2-8(14)11(10(7)12(17)18)15-4-6(5-19)3-9(15)16/h1-2,6,19H,3-5H2,(H,17,18). The molecule has 4 nitrogen and oxygen atoms in total. The van der Waals surface area contributed by atoms with Crippen molar-refractivity contribution in [3.05, 3.63) is 28.5 Å². The Morgan fingerprint density at radius 2 is 2.26 bits per heavy atom. The van der Waals surface area contributed by atoms with E-state index in [1.807, 2.05) is 0 Å². The minimum absolute atomic E-state index is 0.0177. The number of rotatable bonds is 3. The molecule has 0 radical (unpaired) electrons. The van der Waals surface area contributed by atoms with Gasteiger partial charge in [0.2, 0.25) is 5.91 Å². The number of carboxylic acid groups (broad SMARTS) is 1. The van der Waals surface area contributed by atoms with Crippen molar-refractivity contribution in [3.8, 4) is 0 Å². The van der Waals surface area contributed by atoms with Gasteiger partial charge in [0, 0.05) is 13.0 Å². The van der Waals surface area contributed by atoms with Crippen molar-refractivity contribution in [1.82, 2.24) is 0 Å². The number of carboxylic acids is 1.